The predicted molar refractivity (Wildman–Crippen MR) is 117 cm³/mol. The first-order valence-corrected chi connectivity index (χ1v) is 10.2. The number of nitrogens with one attached hydrogen (secondary N) is 1. The van der Waals surface area contributed by atoms with Crippen LogP contribution in [0.3, 0.4) is 0 Å². The van der Waals surface area contributed by atoms with E-state index in [1.807, 2.05) is 30.3 Å². The van der Waals surface area contributed by atoms with E-state index in [4.69, 9.17) is 4.74 Å². The van der Waals surface area contributed by atoms with Crippen LogP contribution in [0.5, 0.6) is 0 Å². The molecule has 9 heteroatoms. The number of rotatable bonds is 7. The van der Waals surface area contributed by atoms with Gasteiger partial charge >= 0.3 is 5.97 Å². The second-order valence-corrected chi connectivity index (χ2v) is 7.30. The Kier molecular flexibility index (Phi) is 7.69. The zero-order valence-electron chi connectivity index (χ0n) is 17.3. The zero-order valence-corrected chi connectivity index (χ0v) is 17.3. The maximum absolute atomic E-state index is 12.4. The van der Waals surface area contributed by atoms with Gasteiger partial charge in [0.15, 0.2) is 6.61 Å². The van der Waals surface area contributed by atoms with E-state index in [1.165, 1.54) is 24.3 Å². The number of non-ortho nitro benzene ring substituents is 1. The number of esters is 1. The number of nitro benzene ring substituents is 1. The smallest absolute Gasteiger partial charge is 0.331 e. The van der Waals surface area contributed by atoms with Crippen LogP contribution in [0.2, 0.25) is 0 Å². The molecule has 0 aliphatic carbocycles. The largest absolute Gasteiger partial charge is 0.452 e. The van der Waals surface area contributed by atoms with Gasteiger partial charge in [0.2, 0.25) is 5.91 Å². The van der Waals surface area contributed by atoms with Gasteiger partial charge in [0.1, 0.15) is 0 Å². The SMILES string of the molecule is O=C(/C=C/c1cccc([N+](=O)[O-])c1)OCC(=O)N1CCC(C(=O)Nc2ccccc2)CC1. The minimum atomic E-state index is -0.720. The topological polar surface area (TPSA) is 119 Å². The van der Waals surface area contributed by atoms with E-state index in [9.17, 15) is 24.5 Å². The lowest BCUT2D eigenvalue weighted by Crippen LogP contribution is -2.43. The Bertz CT molecular complexity index is 1010. The van der Waals surface area contributed by atoms with Crippen molar-refractivity contribution >= 4 is 35.2 Å². The van der Waals surface area contributed by atoms with Crippen LogP contribution in [-0.4, -0.2) is 47.3 Å². The van der Waals surface area contributed by atoms with Gasteiger partial charge in [-0.1, -0.05) is 30.3 Å². The Morgan fingerprint density at radius 2 is 1.81 bits per heavy atom. The average Bonchev–Trinajstić information content (AvgIpc) is 2.82. The van der Waals surface area contributed by atoms with Crippen LogP contribution >= 0.6 is 0 Å². The van der Waals surface area contributed by atoms with Crippen LogP contribution in [0.15, 0.2) is 60.7 Å². The summed E-state index contributed by atoms with van der Waals surface area (Å²) in [5.74, 6) is -1.30. The standard InChI is InChI=1S/C23H23N3O6/c27-21(16-32-22(28)10-9-17-5-4-8-20(15-17)26(30)31)25-13-11-18(12-14-25)23(29)24-19-6-2-1-3-7-19/h1-10,15,18H,11-14,16H2,(H,24,29)/b10-9+. The number of amides is 2. The molecule has 1 aliphatic heterocycles. The first-order valence-electron chi connectivity index (χ1n) is 10.2. The van der Waals surface area contributed by atoms with Crippen molar-refractivity contribution in [3.05, 3.63) is 76.4 Å². The highest BCUT2D eigenvalue weighted by Gasteiger charge is 2.27. The van der Waals surface area contributed by atoms with Gasteiger partial charge in [-0.25, -0.2) is 4.79 Å². The Balaban J connectivity index is 1.41. The Morgan fingerprint density at radius 1 is 1.09 bits per heavy atom. The van der Waals surface area contributed by atoms with Gasteiger partial charge in [0.25, 0.3) is 11.6 Å². The van der Waals surface area contributed by atoms with Crippen molar-refractivity contribution in [1.82, 2.24) is 4.90 Å². The van der Waals surface area contributed by atoms with Crippen molar-refractivity contribution in [2.75, 3.05) is 25.0 Å². The summed E-state index contributed by atoms with van der Waals surface area (Å²) in [4.78, 5) is 48.4. The molecule has 1 heterocycles. The summed E-state index contributed by atoms with van der Waals surface area (Å²) in [5, 5.41) is 13.7. The molecule has 2 aromatic rings. The summed E-state index contributed by atoms with van der Waals surface area (Å²) in [6.45, 7) is 0.415. The molecule has 1 saturated heterocycles. The number of nitrogens with zero attached hydrogens (tertiary/aromatic N) is 2. The van der Waals surface area contributed by atoms with Crippen LogP contribution in [-0.2, 0) is 19.1 Å². The molecule has 0 saturated carbocycles. The number of carbonyl (C=O) groups excluding carboxylic acids is 3. The molecule has 166 valence electrons. The molecule has 1 fully saturated rings. The highest BCUT2D eigenvalue weighted by Crippen LogP contribution is 2.20. The molecule has 1 aliphatic rings. The van der Waals surface area contributed by atoms with E-state index >= 15 is 0 Å². The first-order chi connectivity index (χ1) is 15.4. The van der Waals surface area contributed by atoms with Crippen LogP contribution in [0.4, 0.5) is 11.4 Å². The molecule has 32 heavy (non-hydrogen) atoms. The second kappa shape index (κ2) is 10.9. The number of ether oxygens (including phenoxy) is 1. The van der Waals surface area contributed by atoms with Gasteiger partial charge < -0.3 is 15.0 Å². The Hall–Kier alpha value is -4.01. The van der Waals surface area contributed by atoms with E-state index in [1.54, 1.807) is 11.0 Å². The maximum atomic E-state index is 12.4. The lowest BCUT2D eigenvalue weighted by atomic mass is 9.95. The van der Waals surface area contributed by atoms with Crippen molar-refractivity contribution in [3.8, 4) is 0 Å². The van der Waals surface area contributed by atoms with Crippen molar-refractivity contribution in [3.63, 3.8) is 0 Å². The molecule has 0 radical (unpaired) electrons. The normalized spacial score (nSPS) is 14.2. The van der Waals surface area contributed by atoms with Crippen molar-refractivity contribution in [1.29, 1.82) is 0 Å². The number of piperidine rings is 1. The minimum absolute atomic E-state index is 0.0685. The number of likely N-dealkylation sites (tertiary alicyclic amines) is 1. The summed E-state index contributed by atoms with van der Waals surface area (Å²) in [6, 6.07) is 15.0. The van der Waals surface area contributed by atoms with E-state index in [2.05, 4.69) is 5.32 Å². The molecule has 0 bridgehead atoms. The van der Waals surface area contributed by atoms with E-state index in [-0.39, 0.29) is 23.4 Å². The number of nitro groups is 1. The average molecular weight is 437 g/mol. The zero-order chi connectivity index (χ0) is 22.9. The third-order valence-electron chi connectivity index (χ3n) is 5.09. The van der Waals surface area contributed by atoms with Gasteiger partial charge in [-0.3, -0.25) is 19.7 Å². The highest BCUT2D eigenvalue weighted by atomic mass is 16.6. The minimum Gasteiger partial charge on any atom is -0.452 e. The molecule has 0 aromatic heterocycles. The monoisotopic (exact) mass is 437 g/mol. The van der Waals surface area contributed by atoms with Crippen LogP contribution < -0.4 is 5.32 Å². The van der Waals surface area contributed by atoms with Crippen LogP contribution in [0, 0.1) is 16.0 Å². The van der Waals surface area contributed by atoms with Gasteiger partial charge in [-0.05, 0) is 36.6 Å². The van der Waals surface area contributed by atoms with Crippen molar-refractivity contribution < 1.29 is 24.0 Å². The summed E-state index contributed by atoms with van der Waals surface area (Å²) in [6.07, 6.45) is 3.57. The Morgan fingerprint density at radius 3 is 2.50 bits per heavy atom. The molecule has 0 unspecified atom stereocenters. The molecule has 0 spiro atoms. The quantitative estimate of drug-likeness (QED) is 0.308. The summed E-state index contributed by atoms with van der Waals surface area (Å²) in [7, 11) is 0. The summed E-state index contributed by atoms with van der Waals surface area (Å²) in [5.41, 5.74) is 1.12. The van der Waals surface area contributed by atoms with E-state index < -0.39 is 17.5 Å². The molecule has 1 N–H and O–H groups in total. The lowest BCUT2D eigenvalue weighted by molar-refractivity contribution is -0.384. The number of para-hydroxylation sites is 1. The first kappa shape index (κ1) is 22.7. The molecule has 9 nitrogen and oxygen atoms in total. The highest BCUT2D eigenvalue weighted by molar-refractivity contribution is 5.93. The van der Waals surface area contributed by atoms with Crippen LogP contribution in [0.25, 0.3) is 6.08 Å². The summed E-state index contributed by atoms with van der Waals surface area (Å²) < 4.78 is 4.98. The molecule has 2 amide bonds. The van der Waals surface area contributed by atoms with Gasteiger partial charge in [0.05, 0.1) is 4.92 Å². The number of anilines is 1. The third-order valence-corrected chi connectivity index (χ3v) is 5.09. The molecule has 3 rings (SSSR count). The fourth-order valence-electron chi connectivity index (χ4n) is 3.34. The van der Waals surface area contributed by atoms with Gasteiger partial charge in [-0.15, -0.1) is 0 Å². The van der Waals surface area contributed by atoms with Crippen LogP contribution in [0.1, 0.15) is 18.4 Å². The fourth-order valence-corrected chi connectivity index (χ4v) is 3.34. The van der Waals surface area contributed by atoms with Crippen molar-refractivity contribution in [2.45, 2.75) is 12.8 Å². The van der Waals surface area contributed by atoms with E-state index in [0.29, 0.717) is 31.5 Å². The fraction of sp³-hybridized carbons (Fsp3) is 0.261. The second-order valence-electron chi connectivity index (χ2n) is 7.30. The van der Waals surface area contributed by atoms with Gasteiger partial charge in [-0.2, -0.15) is 0 Å². The number of benzene rings is 2. The maximum Gasteiger partial charge on any atom is 0.331 e. The van der Waals surface area contributed by atoms with E-state index in [0.717, 1.165) is 11.8 Å². The number of carbonyl (C=O) groups is 3. The summed E-state index contributed by atoms with van der Waals surface area (Å²) >= 11 is 0. The van der Waals surface area contributed by atoms with Crippen molar-refractivity contribution in [2.24, 2.45) is 5.92 Å². The molecule has 2 aromatic carbocycles. The number of hydrogen-bond donors (Lipinski definition) is 1. The molecular formula is C23H23N3O6. The molecule has 0 atom stereocenters. The molecular weight excluding hydrogens is 414 g/mol. The number of hydrogen-bond acceptors (Lipinski definition) is 6. The Labute approximate surface area is 184 Å². The third kappa shape index (κ3) is 6.49. The predicted octanol–water partition coefficient (Wildman–Crippen LogP) is 3.03. The lowest BCUT2D eigenvalue weighted by Gasteiger charge is -2.31. The van der Waals surface area contributed by atoms with Gasteiger partial charge in [0, 0.05) is 42.9 Å².